The number of aromatic nitrogens is 4. The number of nitrogens with zero attached hydrogens (tertiary/aromatic N) is 4. The standard InChI is InChI=1S/C24H24N4O2/c1-30-24-27-21-15-20(19-12-8-14-25-16-19)17-26-23(21)28(24)22(29)13-7-3-6-11-18-9-4-2-5-10-18/h2,4-5,8-10,12,14-17H,3,6-7,11,13H2,1H3. The molecule has 0 unspecified atom stereocenters. The second-order valence-corrected chi connectivity index (χ2v) is 7.18. The predicted octanol–water partition coefficient (Wildman–Crippen LogP) is 4.95. The summed E-state index contributed by atoms with van der Waals surface area (Å²) in [6, 6.07) is 16.4. The number of methoxy groups -OCH3 is 1. The van der Waals surface area contributed by atoms with E-state index in [0.717, 1.165) is 36.8 Å². The van der Waals surface area contributed by atoms with E-state index in [4.69, 9.17) is 4.74 Å². The molecule has 0 saturated heterocycles. The fourth-order valence-electron chi connectivity index (χ4n) is 3.54. The smallest absolute Gasteiger partial charge is 0.305 e. The lowest BCUT2D eigenvalue weighted by Crippen LogP contribution is -2.12. The van der Waals surface area contributed by atoms with Crippen LogP contribution in [0.2, 0.25) is 0 Å². The zero-order valence-electron chi connectivity index (χ0n) is 17.0. The molecule has 0 atom stereocenters. The highest BCUT2D eigenvalue weighted by molar-refractivity contribution is 5.91. The lowest BCUT2D eigenvalue weighted by atomic mass is 10.1. The normalized spacial score (nSPS) is 11.0. The maximum atomic E-state index is 12.9. The number of rotatable bonds is 8. The van der Waals surface area contributed by atoms with Gasteiger partial charge in [-0.2, -0.15) is 4.98 Å². The molecule has 3 heterocycles. The molecule has 0 fully saturated rings. The maximum absolute atomic E-state index is 12.9. The van der Waals surface area contributed by atoms with Crippen LogP contribution >= 0.6 is 0 Å². The molecule has 6 heteroatoms. The summed E-state index contributed by atoms with van der Waals surface area (Å²) in [5, 5.41) is 0. The molecule has 0 aliphatic heterocycles. The number of hydrogen-bond acceptors (Lipinski definition) is 5. The second kappa shape index (κ2) is 9.31. The van der Waals surface area contributed by atoms with Crippen molar-refractivity contribution in [3.63, 3.8) is 0 Å². The molecular weight excluding hydrogens is 376 g/mol. The van der Waals surface area contributed by atoms with Crippen molar-refractivity contribution in [1.29, 1.82) is 0 Å². The Bertz CT molecular complexity index is 1120. The largest absolute Gasteiger partial charge is 0.468 e. The van der Waals surface area contributed by atoms with Crippen LogP contribution in [-0.4, -0.2) is 32.5 Å². The van der Waals surface area contributed by atoms with Crippen molar-refractivity contribution in [2.24, 2.45) is 0 Å². The number of unbranched alkanes of at least 4 members (excludes halogenated alkanes) is 2. The number of aryl methyl sites for hydroxylation is 1. The van der Waals surface area contributed by atoms with Gasteiger partial charge in [-0.05, 0) is 37.0 Å². The molecule has 1 aromatic carbocycles. The highest BCUT2D eigenvalue weighted by Gasteiger charge is 2.19. The third kappa shape index (κ3) is 4.38. The van der Waals surface area contributed by atoms with Crippen LogP contribution < -0.4 is 4.74 Å². The Morgan fingerprint density at radius 3 is 2.63 bits per heavy atom. The van der Waals surface area contributed by atoms with Crippen molar-refractivity contribution in [2.45, 2.75) is 32.1 Å². The van der Waals surface area contributed by atoms with E-state index in [0.29, 0.717) is 17.6 Å². The van der Waals surface area contributed by atoms with Gasteiger partial charge in [0.2, 0.25) is 5.91 Å². The predicted molar refractivity (Wildman–Crippen MR) is 117 cm³/mol. The summed E-state index contributed by atoms with van der Waals surface area (Å²) < 4.78 is 6.85. The molecular formula is C24H24N4O2. The van der Waals surface area contributed by atoms with E-state index in [1.807, 2.05) is 24.3 Å². The number of hydrogen-bond donors (Lipinski definition) is 0. The highest BCUT2D eigenvalue weighted by Crippen LogP contribution is 2.25. The van der Waals surface area contributed by atoms with Crippen molar-refractivity contribution in [3.05, 3.63) is 72.7 Å². The zero-order valence-corrected chi connectivity index (χ0v) is 17.0. The molecule has 0 amide bonds. The first-order valence-electron chi connectivity index (χ1n) is 10.2. The van der Waals surface area contributed by atoms with Crippen molar-refractivity contribution in [2.75, 3.05) is 7.11 Å². The van der Waals surface area contributed by atoms with Crippen LogP contribution in [0.15, 0.2) is 67.1 Å². The first-order chi connectivity index (χ1) is 14.8. The lowest BCUT2D eigenvalue weighted by Gasteiger charge is -2.06. The first-order valence-corrected chi connectivity index (χ1v) is 10.2. The Balaban J connectivity index is 1.44. The molecule has 0 saturated carbocycles. The molecule has 3 aromatic heterocycles. The molecule has 0 bridgehead atoms. The number of carbonyl (C=O) groups is 1. The van der Waals surface area contributed by atoms with E-state index in [9.17, 15) is 4.79 Å². The molecule has 30 heavy (non-hydrogen) atoms. The number of carbonyl (C=O) groups excluding carboxylic acids is 1. The lowest BCUT2D eigenvalue weighted by molar-refractivity contribution is 0.0892. The summed E-state index contributed by atoms with van der Waals surface area (Å²) in [7, 11) is 1.52. The van der Waals surface area contributed by atoms with E-state index in [1.54, 1.807) is 18.6 Å². The van der Waals surface area contributed by atoms with Crippen LogP contribution in [0, 0.1) is 0 Å². The van der Waals surface area contributed by atoms with Gasteiger partial charge in [-0.3, -0.25) is 9.78 Å². The third-order valence-electron chi connectivity index (χ3n) is 5.09. The van der Waals surface area contributed by atoms with Gasteiger partial charge in [0.15, 0.2) is 5.65 Å². The van der Waals surface area contributed by atoms with E-state index >= 15 is 0 Å². The fraction of sp³-hybridized carbons (Fsp3) is 0.250. The minimum Gasteiger partial charge on any atom is -0.468 e. The average Bonchev–Trinajstić information content (AvgIpc) is 3.18. The Morgan fingerprint density at radius 2 is 1.87 bits per heavy atom. The van der Waals surface area contributed by atoms with Crippen LogP contribution in [0.1, 0.15) is 36.0 Å². The van der Waals surface area contributed by atoms with Crippen LogP contribution in [0.3, 0.4) is 0 Å². The van der Waals surface area contributed by atoms with Gasteiger partial charge in [-0.25, -0.2) is 9.55 Å². The van der Waals surface area contributed by atoms with Crippen molar-refractivity contribution < 1.29 is 9.53 Å². The van der Waals surface area contributed by atoms with Gasteiger partial charge in [0, 0.05) is 36.1 Å². The number of benzene rings is 1. The molecule has 0 aliphatic rings. The number of pyridine rings is 2. The van der Waals surface area contributed by atoms with Crippen molar-refractivity contribution in [1.82, 2.24) is 19.5 Å². The zero-order chi connectivity index (χ0) is 20.8. The summed E-state index contributed by atoms with van der Waals surface area (Å²) in [5.74, 6) is -0.0457. The van der Waals surface area contributed by atoms with E-state index in [1.165, 1.54) is 17.2 Å². The van der Waals surface area contributed by atoms with E-state index in [2.05, 4.69) is 39.2 Å². The Morgan fingerprint density at radius 1 is 1.00 bits per heavy atom. The van der Waals surface area contributed by atoms with Gasteiger partial charge in [0.1, 0.15) is 5.52 Å². The van der Waals surface area contributed by atoms with Gasteiger partial charge in [-0.15, -0.1) is 0 Å². The summed E-state index contributed by atoms with van der Waals surface area (Å²) in [5.41, 5.74) is 4.33. The van der Waals surface area contributed by atoms with Crippen LogP contribution in [0.25, 0.3) is 22.3 Å². The number of fused-ring (bicyclic) bond motifs is 1. The molecule has 6 nitrogen and oxygen atoms in total. The maximum Gasteiger partial charge on any atom is 0.305 e. The Kier molecular flexibility index (Phi) is 6.13. The minimum absolute atomic E-state index is 0.0457. The first kappa shape index (κ1) is 19.8. The molecule has 0 radical (unpaired) electrons. The monoisotopic (exact) mass is 400 g/mol. The summed E-state index contributed by atoms with van der Waals surface area (Å²) >= 11 is 0. The molecule has 4 aromatic rings. The van der Waals surface area contributed by atoms with Gasteiger partial charge in [0.05, 0.1) is 7.11 Å². The molecule has 0 spiro atoms. The number of imidazole rings is 1. The van der Waals surface area contributed by atoms with Gasteiger partial charge in [0.25, 0.3) is 0 Å². The van der Waals surface area contributed by atoms with Crippen LogP contribution in [0.5, 0.6) is 6.01 Å². The average molecular weight is 400 g/mol. The molecule has 0 N–H and O–H groups in total. The summed E-state index contributed by atoms with van der Waals surface area (Å²) in [4.78, 5) is 26.0. The van der Waals surface area contributed by atoms with Crippen molar-refractivity contribution >= 4 is 17.1 Å². The van der Waals surface area contributed by atoms with Gasteiger partial charge < -0.3 is 4.74 Å². The number of ether oxygens (including phenoxy) is 1. The van der Waals surface area contributed by atoms with Gasteiger partial charge >= 0.3 is 6.01 Å². The second-order valence-electron chi connectivity index (χ2n) is 7.18. The molecule has 0 aliphatic carbocycles. The van der Waals surface area contributed by atoms with Crippen LogP contribution in [-0.2, 0) is 6.42 Å². The minimum atomic E-state index is -0.0457. The quantitative estimate of drug-likeness (QED) is 0.392. The topological polar surface area (TPSA) is 69.9 Å². The Hall–Kier alpha value is -3.54. The van der Waals surface area contributed by atoms with Crippen LogP contribution in [0.4, 0.5) is 0 Å². The fourth-order valence-corrected chi connectivity index (χ4v) is 3.54. The van der Waals surface area contributed by atoms with E-state index in [-0.39, 0.29) is 11.9 Å². The SMILES string of the molecule is COc1nc2cc(-c3cccnc3)cnc2n1C(=O)CCCCCc1ccccc1. The van der Waals surface area contributed by atoms with E-state index < -0.39 is 0 Å². The summed E-state index contributed by atoms with van der Waals surface area (Å²) in [6.45, 7) is 0. The molecule has 4 rings (SSSR count). The van der Waals surface area contributed by atoms with Crippen molar-refractivity contribution in [3.8, 4) is 17.1 Å². The highest BCUT2D eigenvalue weighted by atomic mass is 16.5. The Labute approximate surface area is 175 Å². The molecule has 152 valence electrons. The summed E-state index contributed by atoms with van der Waals surface area (Å²) in [6.07, 6.45) is 9.59. The van der Waals surface area contributed by atoms with Gasteiger partial charge in [-0.1, -0.05) is 42.8 Å². The third-order valence-corrected chi connectivity index (χ3v) is 5.09.